The Morgan fingerprint density at radius 3 is 2.25 bits per heavy atom. The molecule has 0 bridgehead atoms. The van der Waals surface area contributed by atoms with Crippen LogP contribution in [0.15, 0.2) is 11.6 Å². The number of carbonyl (C=O) groups is 2. The molecule has 0 rings (SSSR count). The third-order valence-electron chi connectivity index (χ3n) is 1.15. The van der Waals surface area contributed by atoms with Gasteiger partial charge in [0.25, 0.3) is 0 Å². The van der Waals surface area contributed by atoms with Crippen molar-refractivity contribution in [2.75, 3.05) is 0 Å². The van der Waals surface area contributed by atoms with Crippen LogP contribution in [-0.2, 0) is 9.59 Å². The van der Waals surface area contributed by atoms with Crippen molar-refractivity contribution in [1.29, 1.82) is 0 Å². The highest BCUT2D eigenvalue weighted by Crippen LogP contribution is 1.89. The third kappa shape index (κ3) is 4.49. The molecule has 0 saturated carbocycles. The number of amides is 1. The van der Waals surface area contributed by atoms with E-state index in [0.29, 0.717) is 0 Å². The molecule has 0 aliphatic carbocycles. The molecule has 4 heteroatoms. The summed E-state index contributed by atoms with van der Waals surface area (Å²) >= 11 is 0. The maximum Gasteiger partial charge on any atom is 0.325 e. The zero-order valence-electron chi connectivity index (χ0n) is 7.42. The summed E-state index contributed by atoms with van der Waals surface area (Å²) in [7, 11) is 0. The second kappa shape index (κ2) is 4.54. The van der Waals surface area contributed by atoms with E-state index in [1.54, 1.807) is 13.8 Å². The Morgan fingerprint density at radius 1 is 1.42 bits per heavy atom. The highest BCUT2D eigenvalue weighted by atomic mass is 16.4. The number of hydrogen-bond donors (Lipinski definition) is 2. The lowest BCUT2D eigenvalue weighted by molar-refractivity contribution is -0.140. The fourth-order valence-corrected chi connectivity index (χ4v) is 0.579. The lowest BCUT2D eigenvalue weighted by Crippen LogP contribution is -2.37. The quantitative estimate of drug-likeness (QED) is 0.609. The first-order chi connectivity index (χ1) is 5.43. The number of aliphatic carboxylic acids is 1. The molecule has 0 saturated heterocycles. The maximum atomic E-state index is 10.9. The minimum absolute atomic E-state index is 0.370. The van der Waals surface area contributed by atoms with Crippen LogP contribution in [0.2, 0.25) is 0 Å². The molecule has 1 amide bonds. The van der Waals surface area contributed by atoms with Crippen molar-refractivity contribution in [3.05, 3.63) is 11.6 Å². The van der Waals surface area contributed by atoms with E-state index in [2.05, 4.69) is 5.32 Å². The van der Waals surface area contributed by atoms with Crippen LogP contribution in [-0.4, -0.2) is 23.0 Å². The van der Waals surface area contributed by atoms with Gasteiger partial charge in [0.15, 0.2) is 0 Å². The van der Waals surface area contributed by atoms with E-state index < -0.39 is 12.0 Å². The zero-order chi connectivity index (χ0) is 9.72. The average molecular weight is 171 g/mol. The van der Waals surface area contributed by atoms with E-state index in [1.807, 2.05) is 0 Å². The Bertz CT molecular complexity index is 216. The molecule has 0 radical (unpaired) electrons. The molecule has 2 N–H and O–H groups in total. The summed E-state index contributed by atoms with van der Waals surface area (Å²) in [5, 5.41) is 10.7. The lowest BCUT2D eigenvalue weighted by Gasteiger charge is -2.06. The second-order valence-electron chi connectivity index (χ2n) is 2.79. The molecule has 0 aliphatic heterocycles. The molecular formula is C8H13NO3. The number of carboxylic acids is 1. The van der Waals surface area contributed by atoms with Gasteiger partial charge in [-0.3, -0.25) is 9.59 Å². The van der Waals surface area contributed by atoms with Crippen molar-refractivity contribution in [1.82, 2.24) is 5.32 Å². The fourth-order valence-electron chi connectivity index (χ4n) is 0.579. The largest absolute Gasteiger partial charge is 0.480 e. The molecule has 0 heterocycles. The normalized spacial score (nSPS) is 11.6. The van der Waals surface area contributed by atoms with Gasteiger partial charge in [-0.1, -0.05) is 5.57 Å². The van der Waals surface area contributed by atoms with Crippen LogP contribution in [0.3, 0.4) is 0 Å². The molecule has 0 fully saturated rings. The first kappa shape index (κ1) is 10.7. The molecule has 4 nitrogen and oxygen atoms in total. The van der Waals surface area contributed by atoms with E-state index in [4.69, 9.17) is 5.11 Å². The average Bonchev–Trinajstić information content (AvgIpc) is 1.84. The van der Waals surface area contributed by atoms with E-state index >= 15 is 0 Å². The van der Waals surface area contributed by atoms with Crippen molar-refractivity contribution in [2.24, 2.45) is 0 Å². The van der Waals surface area contributed by atoms with Crippen molar-refractivity contribution < 1.29 is 14.7 Å². The predicted molar refractivity (Wildman–Crippen MR) is 44.7 cm³/mol. The lowest BCUT2D eigenvalue weighted by atomic mass is 10.3. The number of nitrogens with one attached hydrogen (secondary N) is 1. The molecule has 0 spiro atoms. The first-order valence-electron chi connectivity index (χ1n) is 3.61. The van der Waals surface area contributed by atoms with E-state index in [0.717, 1.165) is 5.57 Å². The molecule has 0 unspecified atom stereocenters. The number of rotatable bonds is 3. The van der Waals surface area contributed by atoms with Gasteiger partial charge >= 0.3 is 5.97 Å². The highest BCUT2D eigenvalue weighted by molar-refractivity contribution is 5.91. The summed E-state index contributed by atoms with van der Waals surface area (Å²) in [6, 6.07) is -0.840. The monoisotopic (exact) mass is 171 g/mol. The summed E-state index contributed by atoms with van der Waals surface area (Å²) in [6.07, 6.45) is 1.36. The number of hydrogen-bond acceptors (Lipinski definition) is 2. The van der Waals surface area contributed by atoms with Crippen molar-refractivity contribution in [3.63, 3.8) is 0 Å². The van der Waals surface area contributed by atoms with Gasteiger partial charge in [0.1, 0.15) is 6.04 Å². The fraction of sp³-hybridized carbons (Fsp3) is 0.500. The summed E-state index contributed by atoms with van der Waals surface area (Å²) < 4.78 is 0. The highest BCUT2D eigenvalue weighted by Gasteiger charge is 2.11. The summed E-state index contributed by atoms with van der Waals surface area (Å²) in [5.74, 6) is -1.41. The Hall–Kier alpha value is -1.32. The molecule has 0 aromatic heterocycles. The van der Waals surface area contributed by atoms with Crippen LogP contribution >= 0.6 is 0 Å². The van der Waals surface area contributed by atoms with Crippen LogP contribution in [0.1, 0.15) is 20.8 Å². The minimum Gasteiger partial charge on any atom is -0.480 e. The van der Waals surface area contributed by atoms with Crippen LogP contribution in [0, 0.1) is 0 Å². The molecule has 0 aliphatic rings. The van der Waals surface area contributed by atoms with Crippen LogP contribution in [0.5, 0.6) is 0 Å². The summed E-state index contributed by atoms with van der Waals surface area (Å²) in [5.41, 5.74) is 0.838. The topological polar surface area (TPSA) is 66.4 Å². The minimum atomic E-state index is -1.04. The Morgan fingerprint density at radius 2 is 1.92 bits per heavy atom. The molecule has 1 atom stereocenters. The van der Waals surface area contributed by atoms with Crippen LogP contribution in [0.4, 0.5) is 0 Å². The van der Waals surface area contributed by atoms with Gasteiger partial charge in [-0.05, 0) is 20.8 Å². The molecule has 0 aromatic carbocycles. The van der Waals surface area contributed by atoms with Crippen molar-refractivity contribution in [3.8, 4) is 0 Å². The van der Waals surface area contributed by atoms with E-state index in [1.165, 1.54) is 13.0 Å². The zero-order valence-corrected chi connectivity index (χ0v) is 7.42. The van der Waals surface area contributed by atoms with Crippen molar-refractivity contribution in [2.45, 2.75) is 26.8 Å². The van der Waals surface area contributed by atoms with Crippen LogP contribution < -0.4 is 5.32 Å². The summed E-state index contributed by atoms with van der Waals surface area (Å²) in [6.45, 7) is 4.95. The Balaban J connectivity index is 4.02. The standard InChI is InChI=1S/C8H13NO3/c1-5(2)4-7(10)9-6(3)8(11)12/h4,6H,1-3H3,(H,9,10)(H,11,12)/t6-/m0/s1. The number of allylic oxidation sites excluding steroid dienone is 1. The maximum absolute atomic E-state index is 10.9. The Labute approximate surface area is 71.3 Å². The molecule has 0 aromatic rings. The van der Waals surface area contributed by atoms with Gasteiger partial charge in [0.2, 0.25) is 5.91 Å². The van der Waals surface area contributed by atoms with Gasteiger partial charge in [0, 0.05) is 6.08 Å². The van der Waals surface area contributed by atoms with E-state index in [9.17, 15) is 9.59 Å². The van der Waals surface area contributed by atoms with Crippen molar-refractivity contribution >= 4 is 11.9 Å². The molecular weight excluding hydrogens is 158 g/mol. The predicted octanol–water partition coefficient (Wildman–Crippen LogP) is 0.542. The first-order valence-corrected chi connectivity index (χ1v) is 3.61. The van der Waals surface area contributed by atoms with Crippen LogP contribution in [0.25, 0.3) is 0 Å². The smallest absolute Gasteiger partial charge is 0.325 e. The van der Waals surface area contributed by atoms with Gasteiger partial charge in [0.05, 0.1) is 0 Å². The SMILES string of the molecule is CC(C)=CC(=O)N[C@@H](C)C(=O)O. The van der Waals surface area contributed by atoms with Gasteiger partial charge in [-0.2, -0.15) is 0 Å². The number of carbonyl (C=O) groups excluding carboxylic acids is 1. The van der Waals surface area contributed by atoms with Gasteiger partial charge in [-0.15, -0.1) is 0 Å². The summed E-state index contributed by atoms with van der Waals surface area (Å²) in [4.78, 5) is 21.2. The second-order valence-corrected chi connectivity index (χ2v) is 2.79. The Kier molecular flexibility index (Phi) is 4.04. The van der Waals surface area contributed by atoms with Gasteiger partial charge in [-0.25, -0.2) is 0 Å². The number of carboxylic acid groups (broad SMARTS) is 1. The molecule has 68 valence electrons. The van der Waals surface area contributed by atoms with E-state index in [-0.39, 0.29) is 5.91 Å². The van der Waals surface area contributed by atoms with Gasteiger partial charge < -0.3 is 10.4 Å². The molecule has 12 heavy (non-hydrogen) atoms. The third-order valence-corrected chi connectivity index (χ3v) is 1.15.